The van der Waals surface area contributed by atoms with Gasteiger partial charge in [0, 0.05) is 11.8 Å². The van der Waals surface area contributed by atoms with E-state index in [2.05, 4.69) is 20.8 Å². The second-order valence-electron chi connectivity index (χ2n) is 4.97. The molecule has 2 rings (SSSR count). The van der Waals surface area contributed by atoms with Crippen LogP contribution in [0.15, 0.2) is 0 Å². The molecule has 2 aliphatic carbocycles. The van der Waals surface area contributed by atoms with Gasteiger partial charge in [0.05, 0.1) is 0 Å². The van der Waals surface area contributed by atoms with Crippen molar-refractivity contribution in [2.24, 2.45) is 23.2 Å². The van der Waals surface area contributed by atoms with Crippen LogP contribution in [0.2, 0.25) is 0 Å². The van der Waals surface area contributed by atoms with Crippen LogP contribution in [0.5, 0.6) is 0 Å². The first-order valence-electron chi connectivity index (χ1n) is 5.10. The van der Waals surface area contributed by atoms with E-state index in [1.54, 1.807) is 0 Å². The third kappa shape index (κ3) is 0.773. The Balaban J connectivity index is 2.36. The summed E-state index contributed by atoms with van der Waals surface area (Å²) in [4.78, 5) is 11.7. The second kappa shape index (κ2) is 2.34. The molecule has 4 atom stereocenters. The van der Waals surface area contributed by atoms with E-state index >= 15 is 0 Å². The molecule has 68 valence electrons. The minimum atomic E-state index is 0.0550. The Labute approximate surface area is 74.5 Å². The van der Waals surface area contributed by atoms with Gasteiger partial charge in [-0.3, -0.25) is 4.79 Å². The summed E-state index contributed by atoms with van der Waals surface area (Å²) in [6.07, 6.45) is 3.25. The summed E-state index contributed by atoms with van der Waals surface area (Å²) in [6.45, 7) is 6.76. The Morgan fingerprint density at radius 3 is 2.67 bits per heavy atom. The third-order valence-corrected chi connectivity index (χ3v) is 4.49. The minimum absolute atomic E-state index is 0.0550. The third-order valence-electron chi connectivity index (χ3n) is 4.49. The Bertz CT molecular complexity index is 221. The molecular formula is C11H18O. The zero-order valence-electron chi connectivity index (χ0n) is 8.26. The fourth-order valence-corrected chi connectivity index (χ4v) is 3.55. The van der Waals surface area contributed by atoms with Crippen molar-refractivity contribution in [3.63, 3.8) is 0 Å². The number of carbonyl (C=O) groups excluding carboxylic acids is 1. The average molecular weight is 166 g/mol. The van der Waals surface area contributed by atoms with Gasteiger partial charge in [-0.05, 0) is 30.6 Å². The first-order valence-corrected chi connectivity index (χ1v) is 5.10. The molecular weight excluding hydrogens is 148 g/mol. The molecule has 0 aliphatic heterocycles. The van der Waals surface area contributed by atoms with Crippen molar-refractivity contribution >= 4 is 5.78 Å². The van der Waals surface area contributed by atoms with Crippen LogP contribution < -0.4 is 0 Å². The van der Waals surface area contributed by atoms with Crippen LogP contribution >= 0.6 is 0 Å². The molecule has 2 saturated carbocycles. The van der Waals surface area contributed by atoms with Gasteiger partial charge in [0.2, 0.25) is 0 Å². The molecule has 0 N–H and O–H groups in total. The molecule has 0 aromatic heterocycles. The van der Waals surface area contributed by atoms with E-state index < -0.39 is 0 Å². The molecule has 1 nitrogen and oxygen atoms in total. The standard InChI is InChI=1S/C11H18O/c1-7-6-8(2)11(3)9(7)4-5-10(11)12/h7-9H,4-6H2,1-3H3. The van der Waals surface area contributed by atoms with E-state index in [4.69, 9.17) is 0 Å². The van der Waals surface area contributed by atoms with Crippen molar-refractivity contribution < 1.29 is 4.79 Å². The number of carbonyl (C=O) groups is 1. The van der Waals surface area contributed by atoms with Crippen molar-refractivity contribution in [1.29, 1.82) is 0 Å². The van der Waals surface area contributed by atoms with Crippen LogP contribution in [0.4, 0.5) is 0 Å². The van der Waals surface area contributed by atoms with Crippen LogP contribution in [0.25, 0.3) is 0 Å². The maximum atomic E-state index is 11.7. The van der Waals surface area contributed by atoms with Gasteiger partial charge in [-0.2, -0.15) is 0 Å². The van der Waals surface area contributed by atoms with Gasteiger partial charge in [-0.1, -0.05) is 20.8 Å². The van der Waals surface area contributed by atoms with Crippen LogP contribution in [0.1, 0.15) is 40.0 Å². The van der Waals surface area contributed by atoms with Crippen LogP contribution in [0, 0.1) is 23.2 Å². The molecule has 2 fully saturated rings. The Morgan fingerprint density at radius 2 is 2.08 bits per heavy atom. The Morgan fingerprint density at radius 1 is 1.42 bits per heavy atom. The van der Waals surface area contributed by atoms with Crippen molar-refractivity contribution in [1.82, 2.24) is 0 Å². The highest BCUT2D eigenvalue weighted by molar-refractivity contribution is 5.87. The molecule has 2 aliphatic rings. The highest BCUT2D eigenvalue weighted by atomic mass is 16.1. The Hall–Kier alpha value is -0.330. The summed E-state index contributed by atoms with van der Waals surface area (Å²) in [5, 5.41) is 0. The maximum Gasteiger partial charge on any atom is 0.139 e. The van der Waals surface area contributed by atoms with Gasteiger partial charge in [-0.25, -0.2) is 0 Å². The highest BCUT2D eigenvalue weighted by Gasteiger charge is 2.55. The van der Waals surface area contributed by atoms with Gasteiger partial charge in [0.15, 0.2) is 0 Å². The zero-order valence-corrected chi connectivity index (χ0v) is 8.26. The van der Waals surface area contributed by atoms with Crippen molar-refractivity contribution in [3.05, 3.63) is 0 Å². The molecule has 0 aromatic carbocycles. The highest BCUT2D eigenvalue weighted by Crippen LogP contribution is 2.57. The molecule has 0 radical (unpaired) electrons. The fourth-order valence-electron chi connectivity index (χ4n) is 3.55. The summed E-state index contributed by atoms with van der Waals surface area (Å²) < 4.78 is 0. The zero-order chi connectivity index (χ0) is 8.93. The van der Waals surface area contributed by atoms with E-state index in [1.807, 2.05) is 0 Å². The smallest absolute Gasteiger partial charge is 0.139 e. The lowest BCUT2D eigenvalue weighted by Gasteiger charge is -2.27. The first-order chi connectivity index (χ1) is 5.56. The SMILES string of the molecule is CC1CC(C)C2(C)C(=O)CCC12. The lowest BCUT2D eigenvalue weighted by Crippen LogP contribution is -2.30. The molecule has 0 aromatic rings. The quantitative estimate of drug-likeness (QED) is 0.540. The minimum Gasteiger partial charge on any atom is -0.299 e. The predicted octanol–water partition coefficient (Wildman–Crippen LogP) is 2.65. The van der Waals surface area contributed by atoms with Gasteiger partial charge in [0.25, 0.3) is 0 Å². The number of Topliss-reactive ketones (excluding diaryl/α,β-unsaturated/α-hetero) is 1. The lowest BCUT2D eigenvalue weighted by atomic mass is 9.75. The number of ketones is 1. The largest absolute Gasteiger partial charge is 0.299 e. The van der Waals surface area contributed by atoms with E-state index in [-0.39, 0.29) is 5.41 Å². The summed E-state index contributed by atoms with van der Waals surface area (Å²) in [5.41, 5.74) is 0.0550. The second-order valence-corrected chi connectivity index (χ2v) is 4.97. The van der Waals surface area contributed by atoms with Gasteiger partial charge >= 0.3 is 0 Å². The molecule has 0 saturated heterocycles. The van der Waals surface area contributed by atoms with Crippen LogP contribution in [-0.4, -0.2) is 5.78 Å². The molecule has 0 bridgehead atoms. The normalized spacial score (nSPS) is 52.9. The van der Waals surface area contributed by atoms with E-state index in [9.17, 15) is 4.79 Å². The number of hydrogen-bond acceptors (Lipinski definition) is 1. The van der Waals surface area contributed by atoms with Crippen LogP contribution in [-0.2, 0) is 4.79 Å². The number of fused-ring (bicyclic) bond motifs is 1. The summed E-state index contributed by atoms with van der Waals surface area (Å²) >= 11 is 0. The molecule has 1 heteroatoms. The maximum absolute atomic E-state index is 11.7. The van der Waals surface area contributed by atoms with Crippen LogP contribution in [0.3, 0.4) is 0 Å². The van der Waals surface area contributed by atoms with Gasteiger partial charge < -0.3 is 0 Å². The molecule has 0 spiro atoms. The van der Waals surface area contributed by atoms with Gasteiger partial charge in [0.1, 0.15) is 5.78 Å². The number of hydrogen-bond donors (Lipinski definition) is 0. The average Bonchev–Trinajstić information content (AvgIpc) is 2.39. The van der Waals surface area contributed by atoms with Gasteiger partial charge in [-0.15, -0.1) is 0 Å². The summed E-state index contributed by atoms with van der Waals surface area (Å²) in [7, 11) is 0. The monoisotopic (exact) mass is 166 g/mol. The fraction of sp³-hybridized carbons (Fsp3) is 0.909. The van der Waals surface area contributed by atoms with Crippen molar-refractivity contribution in [2.75, 3.05) is 0 Å². The molecule has 0 heterocycles. The van der Waals surface area contributed by atoms with E-state index in [0.29, 0.717) is 17.6 Å². The summed E-state index contributed by atoms with van der Waals surface area (Å²) in [5.74, 6) is 2.62. The van der Waals surface area contributed by atoms with E-state index in [0.717, 1.165) is 18.8 Å². The summed E-state index contributed by atoms with van der Waals surface area (Å²) in [6, 6.07) is 0. The Kier molecular flexibility index (Phi) is 1.61. The van der Waals surface area contributed by atoms with E-state index in [1.165, 1.54) is 6.42 Å². The first kappa shape index (κ1) is 8.28. The molecule has 0 amide bonds. The number of rotatable bonds is 0. The topological polar surface area (TPSA) is 17.1 Å². The molecule has 12 heavy (non-hydrogen) atoms. The molecule has 4 unspecified atom stereocenters. The van der Waals surface area contributed by atoms with Crippen molar-refractivity contribution in [2.45, 2.75) is 40.0 Å². The predicted molar refractivity (Wildman–Crippen MR) is 48.8 cm³/mol. The lowest BCUT2D eigenvalue weighted by molar-refractivity contribution is -0.127. The van der Waals surface area contributed by atoms with Crippen molar-refractivity contribution in [3.8, 4) is 0 Å².